The molecule has 1 aromatic carbocycles. The number of carbonyl (C=O) groups is 1. The van der Waals surface area contributed by atoms with Gasteiger partial charge in [-0.2, -0.15) is 5.10 Å². The zero-order valence-electron chi connectivity index (χ0n) is 15.0. The van der Waals surface area contributed by atoms with Crippen molar-refractivity contribution in [3.8, 4) is 5.75 Å². The number of hydrogen-bond acceptors (Lipinski definition) is 5. The Labute approximate surface area is 156 Å². The number of aliphatic carboxylic acids is 1. The molecule has 0 bridgehead atoms. The normalized spacial score (nSPS) is 16.9. The fourth-order valence-corrected chi connectivity index (χ4v) is 3.55. The monoisotopic (exact) mass is 367 g/mol. The summed E-state index contributed by atoms with van der Waals surface area (Å²) in [5.41, 5.74) is 3.86. The minimum absolute atomic E-state index is 0.407. The van der Waals surface area contributed by atoms with Crippen molar-refractivity contribution in [1.82, 2.24) is 24.6 Å². The number of carboxylic acid groups (broad SMARTS) is 1. The first-order valence-electron chi connectivity index (χ1n) is 8.75. The van der Waals surface area contributed by atoms with Gasteiger partial charge in [0.25, 0.3) is 0 Å². The van der Waals surface area contributed by atoms with Gasteiger partial charge >= 0.3 is 5.97 Å². The predicted molar refractivity (Wildman–Crippen MR) is 97.3 cm³/mol. The van der Waals surface area contributed by atoms with Gasteiger partial charge in [-0.3, -0.25) is 14.4 Å². The van der Waals surface area contributed by atoms with Gasteiger partial charge in [0.2, 0.25) is 0 Å². The summed E-state index contributed by atoms with van der Waals surface area (Å²) in [6, 6.07) is 7.26. The average molecular weight is 367 g/mol. The van der Waals surface area contributed by atoms with Crippen LogP contribution in [0.1, 0.15) is 22.5 Å². The predicted octanol–water partition coefficient (Wildman–Crippen LogP) is 1.67. The third-order valence-corrected chi connectivity index (χ3v) is 4.90. The molecule has 0 spiro atoms. The number of nitrogens with zero attached hydrogens (tertiary/aromatic N) is 4. The summed E-state index contributed by atoms with van der Waals surface area (Å²) in [6.45, 7) is 1.66. The summed E-state index contributed by atoms with van der Waals surface area (Å²) in [7, 11) is 1.65. The second-order valence-corrected chi connectivity index (χ2v) is 6.64. The molecule has 0 aliphatic carbocycles. The molecule has 0 unspecified atom stereocenters. The molecule has 1 aliphatic rings. The number of methoxy groups -OCH3 is 1. The largest absolute Gasteiger partial charge is 0.496 e. The molecule has 27 heavy (non-hydrogen) atoms. The highest BCUT2D eigenvalue weighted by atomic mass is 16.5. The third-order valence-electron chi connectivity index (χ3n) is 4.90. The van der Waals surface area contributed by atoms with Gasteiger partial charge in [0.05, 0.1) is 31.4 Å². The maximum atomic E-state index is 11.8. The molecule has 0 saturated carbocycles. The third kappa shape index (κ3) is 3.56. The Morgan fingerprint density at radius 3 is 3.04 bits per heavy atom. The van der Waals surface area contributed by atoms with E-state index in [1.54, 1.807) is 19.6 Å². The fraction of sp³-hybridized carbons (Fsp3) is 0.316. The second-order valence-electron chi connectivity index (χ2n) is 6.64. The molecule has 2 N–H and O–H groups in total. The van der Waals surface area contributed by atoms with Crippen molar-refractivity contribution in [1.29, 1.82) is 0 Å². The van der Waals surface area contributed by atoms with Gasteiger partial charge in [-0.1, -0.05) is 6.07 Å². The topological polar surface area (TPSA) is 96.3 Å². The van der Waals surface area contributed by atoms with Crippen LogP contribution in [0.2, 0.25) is 0 Å². The molecular formula is C19H21N5O3. The zero-order valence-corrected chi connectivity index (χ0v) is 15.0. The molecular weight excluding hydrogens is 346 g/mol. The number of nitrogens with one attached hydrogen (secondary N) is 1. The quantitative estimate of drug-likeness (QED) is 0.688. The summed E-state index contributed by atoms with van der Waals surface area (Å²) in [6.07, 6.45) is 5.67. The maximum absolute atomic E-state index is 11.8. The van der Waals surface area contributed by atoms with Crippen molar-refractivity contribution < 1.29 is 14.6 Å². The molecule has 4 rings (SSSR count). The van der Waals surface area contributed by atoms with E-state index in [2.05, 4.69) is 21.1 Å². The van der Waals surface area contributed by atoms with Crippen molar-refractivity contribution in [3.63, 3.8) is 0 Å². The number of rotatable bonds is 6. The van der Waals surface area contributed by atoms with Crippen LogP contribution in [0.3, 0.4) is 0 Å². The van der Waals surface area contributed by atoms with Gasteiger partial charge in [0.1, 0.15) is 11.8 Å². The van der Waals surface area contributed by atoms with E-state index in [4.69, 9.17) is 4.74 Å². The van der Waals surface area contributed by atoms with E-state index in [0.717, 1.165) is 28.3 Å². The smallest absolute Gasteiger partial charge is 0.321 e. The maximum Gasteiger partial charge on any atom is 0.321 e. The highest BCUT2D eigenvalue weighted by molar-refractivity contribution is 5.74. The van der Waals surface area contributed by atoms with E-state index in [-0.39, 0.29) is 0 Å². The first kappa shape index (κ1) is 17.3. The van der Waals surface area contributed by atoms with Crippen molar-refractivity contribution in [3.05, 3.63) is 65.5 Å². The minimum Gasteiger partial charge on any atom is -0.496 e. The number of carboxylic acids is 1. The van der Waals surface area contributed by atoms with Crippen LogP contribution in [-0.4, -0.2) is 48.9 Å². The SMILES string of the molecule is COc1ccc(CN2Cc3[nH]cnc3C[C@@H]2C(=O)O)cc1Cn1cccn1. The number of aromatic nitrogens is 4. The van der Waals surface area contributed by atoms with Crippen LogP contribution < -0.4 is 4.74 Å². The Balaban J connectivity index is 1.58. The molecule has 0 saturated heterocycles. The summed E-state index contributed by atoms with van der Waals surface area (Å²) in [5, 5.41) is 13.9. The highest BCUT2D eigenvalue weighted by Gasteiger charge is 2.32. The molecule has 0 radical (unpaired) electrons. The number of fused-ring (bicyclic) bond motifs is 1. The lowest BCUT2D eigenvalue weighted by molar-refractivity contribution is -0.144. The number of benzene rings is 1. The van der Waals surface area contributed by atoms with Crippen LogP contribution in [0.5, 0.6) is 5.75 Å². The van der Waals surface area contributed by atoms with Crippen molar-refractivity contribution in [2.75, 3.05) is 7.11 Å². The van der Waals surface area contributed by atoms with E-state index in [1.807, 2.05) is 34.0 Å². The summed E-state index contributed by atoms with van der Waals surface area (Å²) < 4.78 is 7.31. The zero-order chi connectivity index (χ0) is 18.8. The Hall–Kier alpha value is -3.13. The Kier molecular flexibility index (Phi) is 4.64. The molecule has 140 valence electrons. The molecule has 2 aromatic heterocycles. The lowest BCUT2D eigenvalue weighted by atomic mass is 10.0. The first-order chi connectivity index (χ1) is 13.1. The second kappa shape index (κ2) is 7.24. The van der Waals surface area contributed by atoms with E-state index in [0.29, 0.717) is 26.1 Å². The number of H-pyrrole nitrogens is 1. The Bertz CT molecular complexity index is 935. The van der Waals surface area contributed by atoms with Gasteiger partial charge in [-0.05, 0) is 23.8 Å². The number of imidazole rings is 1. The lowest BCUT2D eigenvalue weighted by Crippen LogP contribution is -2.45. The molecule has 3 aromatic rings. The van der Waals surface area contributed by atoms with Crippen molar-refractivity contribution in [2.45, 2.75) is 32.1 Å². The van der Waals surface area contributed by atoms with Crippen LogP contribution in [-0.2, 0) is 30.8 Å². The van der Waals surface area contributed by atoms with E-state index >= 15 is 0 Å². The van der Waals surface area contributed by atoms with Gasteiger partial charge in [0.15, 0.2) is 0 Å². The molecule has 8 heteroatoms. The van der Waals surface area contributed by atoms with Gasteiger partial charge in [-0.15, -0.1) is 0 Å². The Morgan fingerprint density at radius 2 is 2.30 bits per heavy atom. The standard InChI is InChI=1S/C19H21N5O3/c1-27-18-4-3-13(7-14(18)10-24-6-2-5-22-24)9-23-11-16-15(20-12-21-16)8-17(23)19(25)26/h2-7,12,17H,8-11H2,1H3,(H,20,21)(H,25,26)/t17-/m1/s1. The first-order valence-corrected chi connectivity index (χ1v) is 8.75. The number of aromatic amines is 1. The van der Waals surface area contributed by atoms with E-state index in [1.165, 1.54) is 0 Å². The minimum atomic E-state index is -0.825. The van der Waals surface area contributed by atoms with Crippen LogP contribution in [0.25, 0.3) is 0 Å². The van der Waals surface area contributed by atoms with E-state index < -0.39 is 12.0 Å². The van der Waals surface area contributed by atoms with Gasteiger partial charge in [0, 0.05) is 37.5 Å². The van der Waals surface area contributed by atoms with Crippen LogP contribution in [0.4, 0.5) is 0 Å². The summed E-state index contributed by atoms with van der Waals surface area (Å²) in [5.74, 6) is -0.0348. The summed E-state index contributed by atoms with van der Waals surface area (Å²) >= 11 is 0. The van der Waals surface area contributed by atoms with Crippen LogP contribution >= 0.6 is 0 Å². The fourth-order valence-electron chi connectivity index (χ4n) is 3.55. The number of ether oxygens (including phenoxy) is 1. The van der Waals surface area contributed by atoms with Crippen molar-refractivity contribution in [2.24, 2.45) is 0 Å². The van der Waals surface area contributed by atoms with Crippen LogP contribution in [0.15, 0.2) is 43.0 Å². The van der Waals surface area contributed by atoms with E-state index in [9.17, 15) is 9.90 Å². The molecule has 1 aliphatic heterocycles. The Morgan fingerprint density at radius 1 is 1.41 bits per heavy atom. The van der Waals surface area contributed by atoms with Crippen LogP contribution in [0, 0.1) is 0 Å². The van der Waals surface area contributed by atoms with Gasteiger partial charge in [-0.25, -0.2) is 4.98 Å². The molecule has 1 atom stereocenters. The average Bonchev–Trinajstić information content (AvgIpc) is 3.32. The van der Waals surface area contributed by atoms with Gasteiger partial charge < -0.3 is 14.8 Å². The molecule has 0 fully saturated rings. The molecule has 0 amide bonds. The highest BCUT2D eigenvalue weighted by Crippen LogP contribution is 2.26. The molecule has 3 heterocycles. The van der Waals surface area contributed by atoms with Crippen molar-refractivity contribution >= 4 is 5.97 Å². The summed E-state index contributed by atoms with van der Waals surface area (Å²) in [4.78, 5) is 21.1. The lowest BCUT2D eigenvalue weighted by Gasteiger charge is -2.32. The number of hydrogen-bond donors (Lipinski definition) is 2. The molecule has 8 nitrogen and oxygen atoms in total.